The van der Waals surface area contributed by atoms with Crippen molar-refractivity contribution in [3.05, 3.63) is 0 Å². The number of aliphatic carboxylic acids is 1. The summed E-state index contributed by atoms with van der Waals surface area (Å²) in [5, 5.41) is 14.9. The van der Waals surface area contributed by atoms with E-state index in [9.17, 15) is 9.59 Å². The first kappa shape index (κ1) is 14.2. The molecule has 0 aromatic heterocycles. The van der Waals surface area contributed by atoms with Crippen molar-refractivity contribution >= 4 is 12.0 Å². The molecule has 0 spiro atoms. The van der Waals surface area contributed by atoms with Crippen molar-refractivity contribution in [1.29, 1.82) is 0 Å². The van der Waals surface area contributed by atoms with Crippen LogP contribution in [0, 0.1) is 5.92 Å². The van der Waals surface area contributed by atoms with Crippen molar-refractivity contribution in [2.75, 3.05) is 0 Å². The van der Waals surface area contributed by atoms with Crippen LogP contribution in [0.2, 0.25) is 0 Å². The minimum absolute atomic E-state index is 0.0293. The lowest BCUT2D eigenvalue weighted by Crippen LogP contribution is -2.53. The smallest absolute Gasteiger partial charge is 0.315 e. The molecule has 2 rings (SSSR count). The molecule has 0 saturated heterocycles. The number of hydrogen-bond acceptors (Lipinski definition) is 2. The maximum atomic E-state index is 12.0. The van der Waals surface area contributed by atoms with E-state index in [2.05, 4.69) is 17.6 Å². The van der Waals surface area contributed by atoms with Gasteiger partial charge >= 0.3 is 12.0 Å². The van der Waals surface area contributed by atoms with Gasteiger partial charge in [0.1, 0.15) is 0 Å². The molecule has 2 unspecified atom stereocenters. The van der Waals surface area contributed by atoms with Crippen molar-refractivity contribution in [2.45, 2.75) is 69.9 Å². The zero-order chi connectivity index (χ0) is 13.9. The molecule has 5 heteroatoms. The van der Waals surface area contributed by atoms with Crippen LogP contribution in [-0.2, 0) is 4.79 Å². The molecule has 2 fully saturated rings. The van der Waals surface area contributed by atoms with Crippen LogP contribution in [0.5, 0.6) is 0 Å². The molecule has 2 aliphatic carbocycles. The summed E-state index contributed by atoms with van der Waals surface area (Å²) in [5.74, 6) is -0.165. The lowest BCUT2D eigenvalue weighted by atomic mass is 9.93. The molecule has 0 bridgehead atoms. The molecule has 2 amide bonds. The molecule has 2 saturated carbocycles. The number of rotatable bonds is 4. The highest BCUT2D eigenvalue weighted by molar-refractivity contribution is 5.77. The van der Waals surface area contributed by atoms with Gasteiger partial charge in [-0.05, 0) is 38.0 Å². The third-order valence-electron chi connectivity index (χ3n) is 4.46. The van der Waals surface area contributed by atoms with Gasteiger partial charge in [0.2, 0.25) is 0 Å². The SMILES string of the molecule is CC1CCC(NC(=O)NC2(CC(=O)O)CCCC2)C1. The number of urea groups is 1. The summed E-state index contributed by atoms with van der Waals surface area (Å²) in [6, 6.07) is 0.0560. The van der Waals surface area contributed by atoms with Crippen LogP contribution < -0.4 is 10.6 Å². The topological polar surface area (TPSA) is 78.4 Å². The summed E-state index contributed by atoms with van der Waals surface area (Å²) >= 11 is 0. The lowest BCUT2D eigenvalue weighted by molar-refractivity contribution is -0.138. The Morgan fingerprint density at radius 2 is 1.95 bits per heavy atom. The Morgan fingerprint density at radius 3 is 2.47 bits per heavy atom. The van der Waals surface area contributed by atoms with Crippen molar-refractivity contribution < 1.29 is 14.7 Å². The summed E-state index contributed by atoms with van der Waals surface area (Å²) in [6.07, 6.45) is 6.77. The van der Waals surface area contributed by atoms with Crippen LogP contribution in [0.25, 0.3) is 0 Å². The third kappa shape index (κ3) is 3.85. The number of hydrogen-bond donors (Lipinski definition) is 3. The summed E-state index contributed by atoms with van der Waals surface area (Å²) in [4.78, 5) is 23.0. The Labute approximate surface area is 114 Å². The van der Waals surface area contributed by atoms with Gasteiger partial charge in [-0.2, -0.15) is 0 Å². The second-order valence-electron chi connectivity index (χ2n) is 6.27. The van der Waals surface area contributed by atoms with E-state index in [0.29, 0.717) is 5.92 Å². The molecule has 3 N–H and O–H groups in total. The van der Waals surface area contributed by atoms with Crippen LogP contribution in [0.1, 0.15) is 58.3 Å². The first-order chi connectivity index (χ1) is 8.99. The summed E-state index contributed by atoms with van der Waals surface area (Å²) in [5.41, 5.74) is -0.528. The van der Waals surface area contributed by atoms with Gasteiger partial charge < -0.3 is 15.7 Å². The van der Waals surface area contributed by atoms with E-state index in [1.54, 1.807) is 0 Å². The average Bonchev–Trinajstić information content (AvgIpc) is 2.87. The predicted molar refractivity (Wildman–Crippen MR) is 71.9 cm³/mol. The third-order valence-corrected chi connectivity index (χ3v) is 4.46. The van der Waals surface area contributed by atoms with Gasteiger partial charge in [0.15, 0.2) is 0 Å². The van der Waals surface area contributed by atoms with Gasteiger partial charge in [-0.15, -0.1) is 0 Å². The van der Waals surface area contributed by atoms with Crippen molar-refractivity contribution in [3.8, 4) is 0 Å². The predicted octanol–water partition coefficient (Wildman–Crippen LogP) is 2.26. The van der Waals surface area contributed by atoms with Crippen LogP contribution in [0.4, 0.5) is 4.79 Å². The van der Waals surface area contributed by atoms with Crippen molar-refractivity contribution in [3.63, 3.8) is 0 Å². The Balaban J connectivity index is 1.86. The standard InChI is InChI=1S/C14H24N2O3/c1-10-4-5-11(8-10)15-13(19)16-14(9-12(17)18)6-2-3-7-14/h10-11H,2-9H2,1H3,(H,17,18)(H2,15,16,19). The van der Waals surface area contributed by atoms with Crippen molar-refractivity contribution in [1.82, 2.24) is 10.6 Å². The van der Waals surface area contributed by atoms with E-state index in [0.717, 1.165) is 44.9 Å². The quantitative estimate of drug-likeness (QED) is 0.731. The second-order valence-corrected chi connectivity index (χ2v) is 6.27. The molecule has 0 aromatic rings. The van der Waals surface area contributed by atoms with E-state index in [4.69, 9.17) is 5.11 Å². The van der Waals surface area contributed by atoms with Gasteiger partial charge in [-0.3, -0.25) is 4.79 Å². The molecule has 19 heavy (non-hydrogen) atoms. The summed E-state index contributed by atoms with van der Waals surface area (Å²) in [7, 11) is 0. The molecule has 108 valence electrons. The second kappa shape index (κ2) is 5.80. The fraction of sp³-hybridized carbons (Fsp3) is 0.857. The maximum absolute atomic E-state index is 12.0. The minimum Gasteiger partial charge on any atom is -0.481 e. The summed E-state index contributed by atoms with van der Waals surface area (Å²) < 4.78 is 0. The van der Waals surface area contributed by atoms with Gasteiger partial charge in [-0.25, -0.2) is 4.79 Å². The van der Waals surface area contributed by atoms with Gasteiger partial charge in [0.25, 0.3) is 0 Å². The van der Waals surface area contributed by atoms with Gasteiger partial charge in [0, 0.05) is 6.04 Å². The Morgan fingerprint density at radius 1 is 1.26 bits per heavy atom. The fourth-order valence-electron chi connectivity index (χ4n) is 3.49. The number of amides is 2. The summed E-state index contributed by atoms with van der Waals surface area (Å²) in [6.45, 7) is 2.20. The first-order valence-electron chi connectivity index (χ1n) is 7.30. The highest BCUT2D eigenvalue weighted by Gasteiger charge is 2.38. The molecular weight excluding hydrogens is 244 g/mol. The molecular formula is C14H24N2O3. The lowest BCUT2D eigenvalue weighted by Gasteiger charge is -2.29. The number of carbonyl (C=O) groups excluding carboxylic acids is 1. The zero-order valence-corrected chi connectivity index (χ0v) is 11.6. The molecule has 2 atom stereocenters. The Hall–Kier alpha value is -1.26. The maximum Gasteiger partial charge on any atom is 0.315 e. The number of nitrogens with one attached hydrogen (secondary N) is 2. The van der Waals surface area contributed by atoms with Crippen LogP contribution >= 0.6 is 0 Å². The number of carboxylic acid groups (broad SMARTS) is 1. The van der Waals surface area contributed by atoms with Crippen LogP contribution in [0.3, 0.4) is 0 Å². The first-order valence-corrected chi connectivity index (χ1v) is 7.30. The molecule has 0 radical (unpaired) electrons. The zero-order valence-electron chi connectivity index (χ0n) is 11.6. The number of carbonyl (C=O) groups is 2. The van der Waals surface area contributed by atoms with Crippen LogP contribution in [-0.4, -0.2) is 28.7 Å². The van der Waals surface area contributed by atoms with E-state index in [1.807, 2.05) is 0 Å². The molecule has 0 aliphatic heterocycles. The normalized spacial score (nSPS) is 29.1. The van der Waals surface area contributed by atoms with E-state index in [-0.39, 0.29) is 18.5 Å². The van der Waals surface area contributed by atoms with Crippen LogP contribution in [0.15, 0.2) is 0 Å². The monoisotopic (exact) mass is 268 g/mol. The largest absolute Gasteiger partial charge is 0.481 e. The molecule has 0 aromatic carbocycles. The van der Waals surface area contributed by atoms with E-state index < -0.39 is 11.5 Å². The molecule has 2 aliphatic rings. The Kier molecular flexibility index (Phi) is 4.32. The highest BCUT2D eigenvalue weighted by atomic mass is 16.4. The van der Waals surface area contributed by atoms with E-state index in [1.165, 1.54) is 0 Å². The molecule has 5 nitrogen and oxygen atoms in total. The number of carboxylic acids is 1. The van der Waals surface area contributed by atoms with Gasteiger partial charge in [-0.1, -0.05) is 19.8 Å². The average molecular weight is 268 g/mol. The van der Waals surface area contributed by atoms with Gasteiger partial charge in [0.05, 0.1) is 12.0 Å². The minimum atomic E-state index is -0.836. The Bertz CT molecular complexity index is 351. The van der Waals surface area contributed by atoms with E-state index >= 15 is 0 Å². The fourth-order valence-corrected chi connectivity index (χ4v) is 3.49. The van der Waals surface area contributed by atoms with Crippen molar-refractivity contribution in [2.24, 2.45) is 5.92 Å². The molecule has 0 heterocycles. The highest BCUT2D eigenvalue weighted by Crippen LogP contribution is 2.32.